The Hall–Kier alpha value is -0.230. The van der Waals surface area contributed by atoms with Gasteiger partial charge in [-0.3, -0.25) is 0 Å². The topological polar surface area (TPSA) is 58.9 Å². The number of ether oxygens (including phenoxy) is 2. The van der Waals surface area contributed by atoms with E-state index in [1.165, 1.54) is 0 Å². The van der Waals surface area contributed by atoms with Crippen molar-refractivity contribution >= 4 is 34.8 Å². The number of hydrogen-bond donors (Lipinski definition) is 2. The molecule has 4 nitrogen and oxygen atoms in total. The fourth-order valence-corrected chi connectivity index (χ4v) is 2.54. The lowest BCUT2D eigenvalue weighted by Crippen LogP contribution is -2.57. The zero-order chi connectivity index (χ0) is 14.0. The Bertz CT molecular complexity index is 412. The van der Waals surface area contributed by atoms with E-state index in [0.29, 0.717) is 10.8 Å². The highest BCUT2D eigenvalue weighted by atomic mass is 35.5. The summed E-state index contributed by atoms with van der Waals surface area (Å²) in [6, 6.07) is 6.55. The average Bonchev–Trinajstić information content (AvgIpc) is 2.42. The van der Waals surface area contributed by atoms with E-state index in [1.54, 1.807) is 24.3 Å². The minimum absolute atomic E-state index is 0.0957. The molecule has 1 aromatic rings. The predicted octanol–water partition coefficient (Wildman–Crippen LogP) is 2.01. The molecule has 1 saturated heterocycles. The lowest BCUT2D eigenvalue weighted by Gasteiger charge is -2.39. The van der Waals surface area contributed by atoms with Crippen molar-refractivity contribution in [3.8, 4) is 5.75 Å². The molecule has 0 amide bonds. The first-order chi connectivity index (χ1) is 9.02. The maximum absolute atomic E-state index is 9.88. The molecule has 0 bridgehead atoms. The Morgan fingerprint density at radius 2 is 1.79 bits per heavy atom. The Morgan fingerprint density at radius 3 is 2.37 bits per heavy atom. The molecule has 1 aromatic carbocycles. The summed E-state index contributed by atoms with van der Waals surface area (Å²) in [5, 5.41) is 19.5. The van der Waals surface area contributed by atoms with Gasteiger partial charge in [0.1, 0.15) is 18.0 Å². The van der Waals surface area contributed by atoms with Gasteiger partial charge in [-0.25, -0.2) is 0 Å². The van der Waals surface area contributed by atoms with Crippen molar-refractivity contribution in [2.75, 3.05) is 5.88 Å². The van der Waals surface area contributed by atoms with Gasteiger partial charge in [0.05, 0.1) is 17.4 Å². The highest BCUT2D eigenvalue weighted by Crippen LogP contribution is 2.28. The van der Waals surface area contributed by atoms with E-state index in [2.05, 4.69) is 0 Å². The van der Waals surface area contributed by atoms with E-state index >= 15 is 0 Å². The summed E-state index contributed by atoms with van der Waals surface area (Å²) in [6.45, 7) is 0. The van der Waals surface area contributed by atoms with Crippen LogP contribution in [0.3, 0.4) is 0 Å². The third kappa shape index (κ3) is 3.45. The van der Waals surface area contributed by atoms with Crippen LogP contribution in [0.5, 0.6) is 5.75 Å². The highest BCUT2D eigenvalue weighted by Gasteiger charge is 2.44. The molecular formula is C12H13Cl3O4. The van der Waals surface area contributed by atoms with Crippen LogP contribution in [-0.2, 0) is 4.74 Å². The fourth-order valence-electron chi connectivity index (χ4n) is 1.76. The summed E-state index contributed by atoms with van der Waals surface area (Å²) in [5.41, 5.74) is 0. The molecule has 1 fully saturated rings. The van der Waals surface area contributed by atoms with Crippen LogP contribution >= 0.6 is 34.8 Å². The zero-order valence-corrected chi connectivity index (χ0v) is 12.0. The van der Waals surface area contributed by atoms with Crippen LogP contribution in [0, 0.1) is 0 Å². The fraction of sp³-hybridized carbons (Fsp3) is 0.500. The molecule has 7 heteroatoms. The zero-order valence-electron chi connectivity index (χ0n) is 9.75. The van der Waals surface area contributed by atoms with Gasteiger partial charge in [-0.2, -0.15) is 0 Å². The Labute approximate surface area is 125 Å². The first-order valence-corrected chi connectivity index (χ1v) is 7.01. The molecule has 2 N–H and O–H groups in total. The standard InChI is InChI=1S/C12H13Cl3O4/c13-5-8-9(15)10(16)11(17)12(19-8)18-7-3-1-6(14)2-4-7/h1-4,8-12,16-17H,5H2/t8-,9+,10+,11-,12-/m1/s1. The van der Waals surface area contributed by atoms with Crippen LogP contribution in [0.4, 0.5) is 0 Å². The van der Waals surface area contributed by atoms with Crippen molar-refractivity contribution in [2.24, 2.45) is 0 Å². The Kier molecular flexibility index (Phi) is 5.17. The number of halogens is 3. The number of alkyl halides is 2. The van der Waals surface area contributed by atoms with Crippen molar-refractivity contribution in [3.63, 3.8) is 0 Å². The van der Waals surface area contributed by atoms with Gasteiger partial charge in [0.15, 0.2) is 0 Å². The van der Waals surface area contributed by atoms with Crippen LogP contribution in [0.15, 0.2) is 24.3 Å². The normalized spacial score (nSPS) is 35.1. The predicted molar refractivity (Wildman–Crippen MR) is 73.1 cm³/mol. The molecule has 0 aliphatic carbocycles. The summed E-state index contributed by atoms with van der Waals surface area (Å²) in [4.78, 5) is 0. The molecule has 1 aliphatic rings. The van der Waals surface area contributed by atoms with Gasteiger partial charge in [-0.05, 0) is 24.3 Å². The molecule has 1 aliphatic heterocycles. The van der Waals surface area contributed by atoms with Gasteiger partial charge in [-0.1, -0.05) is 11.6 Å². The van der Waals surface area contributed by atoms with Crippen molar-refractivity contribution < 1.29 is 19.7 Å². The van der Waals surface area contributed by atoms with Crippen LogP contribution < -0.4 is 4.74 Å². The first kappa shape index (κ1) is 15.2. The monoisotopic (exact) mass is 326 g/mol. The molecule has 0 spiro atoms. The second kappa shape index (κ2) is 6.48. The number of rotatable bonds is 3. The maximum atomic E-state index is 9.88. The summed E-state index contributed by atoms with van der Waals surface area (Å²) < 4.78 is 10.9. The summed E-state index contributed by atoms with van der Waals surface area (Å²) in [6.07, 6.45) is -4.05. The van der Waals surface area contributed by atoms with Gasteiger partial charge < -0.3 is 19.7 Å². The van der Waals surface area contributed by atoms with Crippen LogP contribution in [0.25, 0.3) is 0 Å². The van der Waals surface area contributed by atoms with Crippen molar-refractivity contribution in [1.29, 1.82) is 0 Å². The summed E-state index contributed by atoms with van der Waals surface area (Å²) >= 11 is 17.4. The molecule has 2 rings (SSSR count). The molecule has 19 heavy (non-hydrogen) atoms. The van der Waals surface area contributed by atoms with E-state index in [4.69, 9.17) is 44.3 Å². The molecule has 0 unspecified atom stereocenters. The van der Waals surface area contributed by atoms with Crippen molar-refractivity contribution in [3.05, 3.63) is 29.3 Å². The van der Waals surface area contributed by atoms with Crippen LogP contribution in [0.1, 0.15) is 0 Å². The number of hydrogen-bond acceptors (Lipinski definition) is 4. The quantitative estimate of drug-likeness (QED) is 0.834. The van der Waals surface area contributed by atoms with Gasteiger partial charge in [0.2, 0.25) is 6.29 Å². The SMILES string of the molecule is O[C@@H]1[C@@H](O)[C@H](Oc2ccc(Cl)cc2)O[C@H](CCl)[C@@H]1Cl. The number of benzene rings is 1. The van der Waals surface area contributed by atoms with Crippen LogP contribution in [0.2, 0.25) is 5.02 Å². The van der Waals surface area contributed by atoms with Crippen LogP contribution in [-0.4, -0.2) is 46.1 Å². The molecular weight excluding hydrogens is 314 g/mol. The highest BCUT2D eigenvalue weighted by molar-refractivity contribution is 6.30. The smallest absolute Gasteiger partial charge is 0.229 e. The van der Waals surface area contributed by atoms with E-state index in [1.807, 2.05) is 0 Å². The maximum Gasteiger partial charge on any atom is 0.229 e. The lowest BCUT2D eigenvalue weighted by atomic mass is 10.0. The lowest BCUT2D eigenvalue weighted by molar-refractivity contribution is -0.228. The minimum Gasteiger partial charge on any atom is -0.462 e. The average molecular weight is 328 g/mol. The molecule has 0 aromatic heterocycles. The summed E-state index contributed by atoms with van der Waals surface area (Å²) in [7, 11) is 0. The Balaban J connectivity index is 2.08. The number of aliphatic hydroxyl groups excluding tert-OH is 2. The van der Waals surface area contributed by atoms with Crippen molar-refractivity contribution in [2.45, 2.75) is 30.0 Å². The van der Waals surface area contributed by atoms with Gasteiger partial charge in [0, 0.05) is 5.02 Å². The van der Waals surface area contributed by atoms with Gasteiger partial charge in [0.25, 0.3) is 0 Å². The van der Waals surface area contributed by atoms with Gasteiger partial charge in [-0.15, -0.1) is 23.2 Å². The minimum atomic E-state index is -1.25. The van der Waals surface area contributed by atoms with E-state index in [-0.39, 0.29) is 5.88 Å². The van der Waals surface area contributed by atoms with E-state index < -0.39 is 30.0 Å². The second-order valence-corrected chi connectivity index (χ2v) is 5.44. The van der Waals surface area contributed by atoms with E-state index in [0.717, 1.165) is 0 Å². The molecule has 1 heterocycles. The van der Waals surface area contributed by atoms with E-state index in [9.17, 15) is 10.2 Å². The molecule has 5 atom stereocenters. The molecule has 0 radical (unpaired) electrons. The Morgan fingerprint density at radius 1 is 1.16 bits per heavy atom. The second-order valence-electron chi connectivity index (χ2n) is 4.19. The van der Waals surface area contributed by atoms with Gasteiger partial charge >= 0.3 is 0 Å². The van der Waals surface area contributed by atoms with Crippen molar-refractivity contribution in [1.82, 2.24) is 0 Å². The largest absolute Gasteiger partial charge is 0.462 e. The molecule has 106 valence electrons. The summed E-state index contributed by atoms with van der Waals surface area (Å²) in [5.74, 6) is 0.556. The molecule has 0 saturated carbocycles. The third-order valence-corrected chi connectivity index (χ3v) is 3.93. The number of aliphatic hydroxyl groups is 2. The third-order valence-electron chi connectivity index (χ3n) is 2.84. The first-order valence-electron chi connectivity index (χ1n) is 5.67.